The number of nitrogen functional groups attached to an aromatic ring is 2. The number of rotatable bonds is 0. The van der Waals surface area contributed by atoms with Crippen LogP contribution in [0.2, 0.25) is 0 Å². The monoisotopic (exact) mass is 164 g/mol. The molecule has 0 radical (unpaired) electrons. The molecule has 0 saturated carbocycles. The van der Waals surface area contributed by atoms with Gasteiger partial charge in [0.15, 0.2) is 5.82 Å². The molecule has 6 nitrogen and oxygen atoms in total. The van der Waals surface area contributed by atoms with Crippen molar-refractivity contribution < 1.29 is 0 Å². The summed E-state index contributed by atoms with van der Waals surface area (Å²) >= 11 is 0. The molecule has 0 aliphatic rings. The summed E-state index contributed by atoms with van der Waals surface area (Å²) in [5, 5.41) is 7.47. The second kappa shape index (κ2) is 2.07. The summed E-state index contributed by atoms with van der Waals surface area (Å²) in [6.45, 7) is 1.86. The van der Waals surface area contributed by atoms with Crippen LogP contribution in [-0.4, -0.2) is 19.6 Å². The van der Waals surface area contributed by atoms with Gasteiger partial charge in [0.25, 0.3) is 0 Å². The fraction of sp³-hybridized carbons (Fsp3) is 0.167. The van der Waals surface area contributed by atoms with Crippen LogP contribution in [0.5, 0.6) is 0 Å². The largest absolute Gasteiger partial charge is 0.381 e. The van der Waals surface area contributed by atoms with Gasteiger partial charge in [-0.05, 0) is 6.92 Å². The van der Waals surface area contributed by atoms with Crippen molar-refractivity contribution in [1.29, 1.82) is 0 Å². The van der Waals surface area contributed by atoms with Crippen molar-refractivity contribution in [2.45, 2.75) is 6.92 Å². The molecule has 0 aliphatic carbocycles. The van der Waals surface area contributed by atoms with Gasteiger partial charge in [0.2, 0.25) is 11.6 Å². The van der Waals surface area contributed by atoms with Crippen LogP contribution in [0, 0.1) is 6.92 Å². The number of aromatic nitrogens is 4. The fourth-order valence-corrected chi connectivity index (χ4v) is 1.09. The molecule has 0 bridgehead atoms. The van der Waals surface area contributed by atoms with E-state index >= 15 is 0 Å². The average molecular weight is 164 g/mol. The van der Waals surface area contributed by atoms with E-state index in [1.165, 1.54) is 0 Å². The number of nitrogens with zero attached hydrogens (tertiary/aromatic N) is 4. The normalized spacial score (nSPS) is 10.8. The lowest BCUT2D eigenvalue weighted by molar-refractivity contribution is 1.06. The van der Waals surface area contributed by atoms with E-state index in [1.54, 1.807) is 10.6 Å². The first kappa shape index (κ1) is 6.84. The number of aryl methyl sites for hydroxylation is 1. The fourth-order valence-electron chi connectivity index (χ4n) is 1.09. The maximum Gasteiger partial charge on any atom is 0.226 e. The highest BCUT2D eigenvalue weighted by atomic mass is 15.3. The SMILES string of the molecule is Cc1cnc(N)c2nnc(N)n12. The molecule has 0 aromatic carbocycles. The zero-order chi connectivity index (χ0) is 8.72. The van der Waals surface area contributed by atoms with E-state index in [0.29, 0.717) is 17.4 Å². The van der Waals surface area contributed by atoms with Gasteiger partial charge in [0.05, 0.1) is 0 Å². The van der Waals surface area contributed by atoms with Crippen molar-refractivity contribution in [2.24, 2.45) is 0 Å². The first-order valence-electron chi connectivity index (χ1n) is 3.42. The Kier molecular flexibility index (Phi) is 1.18. The molecular weight excluding hydrogens is 156 g/mol. The Morgan fingerprint density at radius 3 is 2.75 bits per heavy atom. The topological polar surface area (TPSA) is 95.1 Å². The highest BCUT2D eigenvalue weighted by molar-refractivity contribution is 5.61. The Labute approximate surface area is 68.2 Å². The van der Waals surface area contributed by atoms with Gasteiger partial charge in [0, 0.05) is 11.9 Å². The number of fused-ring (bicyclic) bond motifs is 1. The third kappa shape index (κ3) is 0.714. The molecule has 0 aliphatic heterocycles. The molecular formula is C6H8N6. The Hall–Kier alpha value is -1.85. The predicted molar refractivity (Wildman–Crippen MR) is 44.3 cm³/mol. The molecule has 2 aromatic heterocycles. The number of anilines is 2. The predicted octanol–water partition coefficient (Wildman–Crippen LogP) is -0.403. The molecule has 0 atom stereocenters. The van der Waals surface area contributed by atoms with Crippen LogP contribution < -0.4 is 11.5 Å². The van der Waals surface area contributed by atoms with Gasteiger partial charge < -0.3 is 11.5 Å². The minimum atomic E-state index is 0.330. The van der Waals surface area contributed by atoms with E-state index < -0.39 is 0 Å². The first-order chi connectivity index (χ1) is 5.70. The molecule has 0 amide bonds. The van der Waals surface area contributed by atoms with Crippen LogP contribution >= 0.6 is 0 Å². The second-order valence-corrected chi connectivity index (χ2v) is 2.50. The van der Waals surface area contributed by atoms with Crippen LogP contribution in [0.15, 0.2) is 6.20 Å². The van der Waals surface area contributed by atoms with Crippen molar-refractivity contribution in [1.82, 2.24) is 19.6 Å². The van der Waals surface area contributed by atoms with E-state index in [4.69, 9.17) is 11.5 Å². The molecule has 6 heteroatoms. The summed E-state index contributed by atoms with van der Waals surface area (Å²) in [7, 11) is 0. The number of hydrogen-bond donors (Lipinski definition) is 2. The number of hydrogen-bond acceptors (Lipinski definition) is 5. The molecule has 2 heterocycles. The lowest BCUT2D eigenvalue weighted by Gasteiger charge is -2.00. The van der Waals surface area contributed by atoms with E-state index in [0.717, 1.165) is 5.69 Å². The summed E-state index contributed by atoms with van der Waals surface area (Å²) in [5.74, 6) is 0.668. The molecule has 2 rings (SSSR count). The molecule has 0 saturated heterocycles. The zero-order valence-corrected chi connectivity index (χ0v) is 6.52. The zero-order valence-electron chi connectivity index (χ0n) is 6.52. The Balaban J connectivity index is 2.98. The maximum absolute atomic E-state index is 5.55. The van der Waals surface area contributed by atoms with Gasteiger partial charge in [-0.25, -0.2) is 4.98 Å². The third-order valence-electron chi connectivity index (χ3n) is 1.66. The van der Waals surface area contributed by atoms with E-state index in [1.807, 2.05) is 6.92 Å². The molecule has 12 heavy (non-hydrogen) atoms. The summed E-state index contributed by atoms with van der Waals surface area (Å²) in [5.41, 5.74) is 12.5. The van der Waals surface area contributed by atoms with Gasteiger partial charge in [-0.3, -0.25) is 4.40 Å². The van der Waals surface area contributed by atoms with Gasteiger partial charge in [0.1, 0.15) is 0 Å². The minimum Gasteiger partial charge on any atom is -0.381 e. The van der Waals surface area contributed by atoms with Gasteiger partial charge >= 0.3 is 0 Å². The highest BCUT2D eigenvalue weighted by Gasteiger charge is 2.07. The standard InChI is InChI=1S/C6H8N6/c1-3-2-9-4(7)5-10-11-6(8)12(3)5/h2H,1H3,(H2,7,9)(H2,8,11). The smallest absolute Gasteiger partial charge is 0.226 e. The van der Waals surface area contributed by atoms with Crippen LogP contribution in [0.4, 0.5) is 11.8 Å². The van der Waals surface area contributed by atoms with Crippen molar-refractivity contribution in [3.63, 3.8) is 0 Å². The number of nitrogens with two attached hydrogens (primary N) is 2. The lowest BCUT2D eigenvalue weighted by Crippen LogP contribution is -2.02. The summed E-state index contributed by atoms with van der Waals surface area (Å²) < 4.78 is 1.66. The van der Waals surface area contributed by atoms with E-state index in [2.05, 4.69) is 15.2 Å². The van der Waals surface area contributed by atoms with E-state index in [-0.39, 0.29) is 0 Å². The second-order valence-electron chi connectivity index (χ2n) is 2.50. The van der Waals surface area contributed by atoms with Crippen molar-refractivity contribution in [2.75, 3.05) is 11.5 Å². The van der Waals surface area contributed by atoms with E-state index in [9.17, 15) is 0 Å². The van der Waals surface area contributed by atoms with Crippen LogP contribution in [-0.2, 0) is 0 Å². The van der Waals surface area contributed by atoms with Crippen molar-refractivity contribution in [3.8, 4) is 0 Å². The quantitative estimate of drug-likeness (QED) is 0.552. The minimum absolute atomic E-state index is 0.330. The van der Waals surface area contributed by atoms with Crippen LogP contribution in [0.1, 0.15) is 5.69 Å². The Morgan fingerprint density at radius 1 is 1.33 bits per heavy atom. The lowest BCUT2D eigenvalue weighted by atomic mass is 10.5. The highest BCUT2D eigenvalue weighted by Crippen LogP contribution is 2.12. The van der Waals surface area contributed by atoms with Gasteiger partial charge in [-0.1, -0.05) is 0 Å². The van der Waals surface area contributed by atoms with Gasteiger partial charge in [-0.15, -0.1) is 10.2 Å². The molecule has 0 unspecified atom stereocenters. The Bertz CT molecular complexity index is 431. The van der Waals surface area contributed by atoms with Crippen molar-refractivity contribution in [3.05, 3.63) is 11.9 Å². The summed E-state index contributed by atoms with van der Waals surface area (Å²) in [6.07, 6.45) is 1.63. The van der Waals surface area contributed by atoms with Gasteiger partial charge in [-0.2, -0.15) is 0 Å². The maximum atomic E-state index is 5.55. The molecule has 2 aromatic rings. The third-order valence-corrected chi connectivity index (χ3v) is 1.66. The van der Waals surface area contributed by atoms with Crippen LogP contribution in [0.25, 0.3) is 5.65 Å². The average Bonchev–Trinajstić information content (AvgIpc) is 2.42. The van der Waals surface area contributed by atoms with Crippen molar-refractivity contribution >= 4 is 17.4 Å². The molecule has 62 valence electrons. The Morgan fingerprint density at radius 2 is 2.08 bits per heavy atom. The van der Waals surface area contributed by atoms with Crippen LogP contribution in [0.3, 0.4) is 0 Å². The summed E-state index contributed by atoms with van der Waals surface area (Å²) in [6, 6.07) is 0. The molecule has 0 spiro atoms. The molecule has 4 N–H and O–H groups in total. The summed E-state index contributed by atoms with van der Waals surface area (Å²) in [4.78, 5) is 3.92. The first-order valence-corrected chi connectivity index (χ1v) is 3.42. The molecule has 0 fully saturated rings.